The van der Waals surface area contributed by atoms with Gasteiger partial charge < -0.3 is 10.2 Å². The van der Waals surface area contributed by atoms with Crippen molar-refractivity contribution in [2.45, 2.75) is 25.0 Å². The molecule has 1 heterocycles. The number of aliphatic hydroxyl groups is 2. The first-order valence-corrected chi connectivity index (χ1v) is 5.99. The molecule has 0 radical (unpaired) electrons. The number of aromatic nitrogens is 1. The normalized spacial score (nSPS) is 14.9. The van der Waals surface area contributed by atoms with Gasteiger partial charge in [0.25, 0.3) is 0 Å². The van der Waals surface area contributed by atoms with Gasteiger partial charge in [-0.1, -0.05) is 6.92 Å². The summed E-state index contributed by atoms with van der Waals surface area (Å²) in [6.07, 6.45) is 1.25. The van der Waals surface area contributed by atoms with Crippen LogP contribution in [-0.4, -0.2) is 27.6 Å². The highest BCUT2D eigenvalue weighted by atomic mass is 32.2. The molecule has 15 heavy (non-hydrogen) atoms. The van der Waals surface area contributed by atoms with E-state index in [4.69, 9.17) is 5.11 Å². The minimum atomic E-state index is -0.456. The van der Waals surface area contributed by atoms with Gasteiger partial charge in [-0.05, 0) is 30.5 Å². The van der Waals surface area contributed by atoms with Gasteiger partial charge in [-0.25, -0.2) is 4.98 Å². The highest BCUT2D eigenvalue weighted by molar-refractivity contribution is 7.99. The summed E-state index contributed by atoms with van der Waals surface area (Å²) in [7, 11) is 0. The minimum absolute atomic E-state index is 0.198. The monoisotopic (exact) mass is 227 g/mol. The van der Waals surface area contributed by atoms with Crippen molar-refractivity contribution in [3.63, 3.8) is 0 Å². The third-order valence-corrected chi connectivity index (χ3v) is 3.32. The van der Waals surface area contributed by atoms with Crippen molar-refractivity contribution in [1.82, 2.24) is 4.98 Å². The molecular formula is C11H17NO2S. The number of rotatable bonds is 5. The van der Waals surface area contributed by atoms with E-state index in [1.165, 1.54) is 0 Å². The summed E-state index contributed by atoms with van der Waals surface area (Å²) in [6, 6.07) is 3.70. The second kappa shape index (κ2) is 6.10. The lowest BCUT2D eigenvalue weighted by Gasteiger charge is -2.08. The Labute approximate surface area is 94.6 Å². The Balaban J connectivity index is 2.58. The predicted octanol–water partition coefficient (Wildman–Crippen LogP) is 1.86. The Kier molecular flexibility index (Phi) is 5.08. The van der Waals surface area contributed by atoms with E-state index in [0.29, 0.717) is 0 Å². The maximum absolute atomic E-state index is 9.39. The zero-order chi connectivity index (χ0) is 11.3. The Morgan fingerprint density at radius 1 is 1.47 bits per heavy atom. The second-order valence-corrected chi connectivity index (χ2v) is 4.74. The van der Waals surface area contributed by atoms with Crippen LogP contribution in [0.1, 0.15) is 25.5 Å². The van der Waals surface area contributed by atoms with Crippen LogP contribution in [0.15, 0.2) is 23.4 Å². The number of thioether (sulfide) groups is 1. The molecule has 2 unspecified atom stereocenters. The van der Waals surface area contributed by atoms with Crippen LogP contribution in [0.5, 0.6) is 0 Å². The molecule has 0 fully saturated rings. The average Bonchev–Trinajstić information content (AvgIpc) is 2.26. The molecule has 2 atom stereocenters. The first kappa shape index (κ1) is 12.5. The molecule has 3 nitrogen and oxygen atoms in total. The molecule has 1 rings (SSSR count). The summed E-state index contributed by atoms with van der Waals surface area (Å²) < 4.78 is 0. The van der Waals surface area contributed by atoms with Crippen LogP contribution in [-0.2, 0) is 0 Å². The van der Waals surface area contributed by atoms with Crippen molar-refractivity contribution >= 4 is 11.8 Å². The molecular weight excluding hydrogens is 210 g/mol. The first-order valence-electron chi connectivity index (χ1n) is 5.01. The van der Waals surface area contributed by atoms with Crippen molar-refractivity contribution < 1.29 is 10.2 Å². The fraction of sp³-hybridized carbons (Fsp3) is 0.545. The van der Waals surface area contributed by atoms with Crippen LogP contribution in [0.4, 0.5) is 0 Å². The summed E-state index contributed by atoms with van der Waals surface area (Å²) in [5.41, 5.74) is 0.879. The fourth-order valence-electron chi connectivity index (χ4n) is 1.04. The SMILES string of the molecule is CC(CO)CSc1cc(C(C)O)ccn1. The molecule has 4 heteroatoms. The van der Waals surface area contributed by atoms with E-state index in [2.05, 4.69) is 4.98 Å². The van der Waals surface area contributed by atoms with Crippen molar-refractivity contribution in [2.24, 2.45) is 5.92 Å². The number of hydrogen-bond donors (Lipinski definition) is 2. The summed E-state index contributed by atoms with van der Waals surface area (Å²) >= 11 is 1.60. The van der Waals surface area contributed by atoms with Crippen molar-refractivity contribution in [3.05, 3.63) is 23.9 Å². The second-order valence-electron chi connectivity index (χ2n) is 3.70. The molecule has 0 aliphatic heterocycles. The molecule has 0 aliphatic carbocycles. The van der Waals surface area contributed by atoms with Gasteiger partial charge >= 0.3 is 0 Å². The van der Waals surface area contributed by atoms with E-state index in [0.717, 1.165) is 16.3 Å². The van der Waals surface area contributed by atoms with E-state index in [-0.39, 0.29) is 12.5 Å². The number of pyridine rings is 1. The molecule has 0 amide bonds. The smallest absolute Gasteiger partial charge is 0.0963 e. The molecule has 1 aromatic heterocycles. The van der Waals surface area contributed by atoms with E-state index in [9.17, 15) is 5.11 Å². The molecule has 0 saturated carbocycles. The lowest BCUT2D eigenvalue weighted by molar-refractivity contribution is 0.199. The van der Waals surface area contributed by atoms with Crippen LogP contribution >= 0.6 is 11.8 Å². The molecule has 1 aromatic rings. The van der Waals surface area contributed by atoms with Gasteiger partial charge in [-0.3, -0.25) is 0 Å². The van der Waals surface area contributed by atoms with Gasteiger partial charge in [0, 0.05) is 18.6 Å². The maximum Gasteiger partial charge on any atom is 0.0963 e. The Morgan fingerprint density at radius 2 is 2.20 bits per heavy atom. The van der Waals surface area contributed by atoms with E-state index in [1.807, 2.05) is 19.1 Å². The molecule has 0 spiro atoms. The minimum Gasteiger partial charge on any atom is -0.396 e. The maximum atomic E-state index is 9.39. The third kappa shape index (κ3) is 4.20. The summed E-state index contributed by atoms with van der Waals surface area (Å²) in [5.74, 6) is 1.11. The first-order chi connectivity index (χ1) is 7.13. The van der Waals surface area contributed by atoms with Crippen molar-refractivity contribution in [2.75, 3.05) is 12.4 Å². The van der Waals surface area contributed by atoms with E-state index < -0.39 is 6.10 Å². The standard InChI is InChI=1S/C11H17NO2S/c1-8(6-13)7-15-11-5-10(9(2)14)3-4-12-11/h3-5,8-9,13-14H,6-7H2,1-2H3. The lowest BCUT2D eigenvalue weighted by Crippen LogP contribution is -2.03. The van der Waals surface area contributed by atoms with Crippen LogP contribution in [0.25, 0.3) is 0 Å². The molecule has 2 N–H and O–H groups in total. The lowest BCUT2D eigenvalue weighted by atomic mass is 10.2. The third-order valence-electron chi connectivity index (χ3n) is 2.07. The average molecular weight is 227 g/mol. The quantitative estimate of drug-likeness (QED) is 0.754. The Morgan fingerprint density at radius 3 is 2.80 bits per heavy atom. The number of aliphatic hydroxyl groups excluding tert-OH is 2. The van der Waals surface area contributed by atoms with Crippen molar-refractivity contribution in [1.29, 1.82) is 0 Å². The Bertz CT molecular complexity index is 304. The van der Waals surface area contributed by atoms with Gasteiger partial charge in [0.05, 0.1) is 11.1 Å². The number of nitrogens with zero attached hydrogens (tertiary/aromatic N) is 1. The molecule has 0 aromatic carbocycles. The van der Waals surface area contributed by atoms with Gasteiger partial charge in [0.15, 0.2) is 0 Å². The largest absolute Gasteiger partial charge is 0.396 e. The highest BCUT2D eigenvalue weighted by Crippen LogP contribution is 2.21. The van der Waals surface area contributed by atoms with E-state index in [1.54, 1.807) is 24.9 Å². The molecule has 84 valence electrons. The van der Waals surface area contributed by atoms with Crippen LogP contribution in [0.2, 0.25) is 0 Å². The highest BCUT2D eigenvalue weighted by Gasteiger charge is 2.05. The van der Waals surface area contributed by atoms with Crippen LogP contribution in [0.3, 0.4) is 0 Å². The van der Waals surface area contributed by atoms with Gasteiger partial charge in [0.1, 0.15) is 0 Å². The molecule has 0 aliphatic rings. The number of hydrogen-bond acceptors (Lipinski definition) is 4. The zero-order valence-corrected chi connectivity index (χ0v) is 9.87. The fourth-order valence-corrected chi connectivity index (χ4v) is 1.96. The predicted molar refractivity (Wildman–Crippen MR) is 61.8 cm³/mol. The van der Waals surface area contributed by atoms with E-state index >= 15 is 0 Å². The summed E-state index contributed by atoms with van der Waals surface area (Å²) in [5, 5.41) is 19.2. The van der Waals surface area contributed by atoms with Crippen LogP contribution in [0, 0.1) is 5.92 Å². The van der Waals surface area contributed by atoms with Crippen molar-refractivity contribution in [3.8, 4) is 0 Å². The van der Waals surface area contributed by atoms with Crippen LogP contribution < -0.4 is 0 Å². The van der Waals surface area contributed by atoms with Gasteiger partial charge in [0.2, 0.25) is 0 Å². The zero-order valence-electron chi connectivity index (χ0n) is 9.05. The van der Waals surface area contributed by atoms with Gasteiger partial charge in [-0.15, -0.1) is 11.8 Å². The summed E-state index contributed by atoms with van der Waals surface area (Å²) in [4.78, 5) is 4.20. The molecule has 0 bridgehead atoms. The molecule has 0 saturated heterocycles. The van der Waals surface area contributed by atoms with Gasteiger partial charge in [-0.2, -0.15) is 0 Å². The topological polar surface area (TPSA) is 53.4 Å². The Hall–Kier alpha value is -0.580. The summed E-state index contributed by atoms with van der Waals surface area (Å²) in [6.45, 7) is 3.93.